The third kappa shape index (κ3) is 6.88. The minimum Gasteiger partial charge on any atom is -0.360 e. The molecule has 0 radical (unpaired) electrons. The first-order valence-electron chi connectivity index (χ1n) is 13.3. The first kappa shape index (κ1) is 29.7. The Morgan fingerprint density at radius 1 is 1.00 bits per heavy atom. The van der Waals surface area contributed by atoms with Gasteiger partial charge in [-0.3, -0.25) is 9.88 Å². The van der Waals surface area contributed by atoms with E-state index in [0.29, 0.717) is 11.4 Å². The van der Waals surface area contributed by atoms with Gasteiger partial charge in [-0.1, -0.05) is 25.1 Å². The lowest BCUT2D eigenvalue weighted by Crippen LogP contribution is -2.30. The summed E-state index contributed by atoms with van der Waals surface area (Å²) >= 11 is 0. The molecule has 0 aliphatic carbocycles. The van der Waals surface area contributed by atoms with E-state index in [-0.39, 0.29) is 18.2 Å². The predicted octanol–water partition coefficient (Wildman–Crippen LogP) is 6.32. The highest BCUT2D eigenvalue weighted by atomic mass is 35.5. The summed E-state index contributed by atoms with van der Waals surface area (Å²) in [5.41, 5.74) is 7.65. The number of sulfonamides is 1. The van der Waals surface area contributed by atoms with E-state index in [4.69, 9.17) is 0 Å². The number of halogens is 2. The molecular weight excluding hydrogens is 547 g/mol. The van der Waals surface area contributed by atoms with Gasteiger partial charge in [0.1, 0.15) is 5.82 Å². The third-order valence-electron chi connectivity index (χ3n) is 7.11. The highest BCUT2D eigenvalue weighted by molar-refractivity contribution is 7.89. The second-order valence-electron chi connectivity index (χ2n) is 9.77. The summed E-state index contributed by atoms with van der Waals surface area (Å²) in [5, 5.41) is 0. The fourth-order valence-corrected chi connectivity index (χ4v) is 6.07. The summed E-state index contributed by atoms with van der Waals surface area (Å²) in [4.78, 5) is 10.3. The summed E-state index contributed by atoms with van der Waals surface area (Å²) in [7, 11) is -3.44. The summed E-state index contributed by atoms with van der Waals surface area (Å²) in [6.07, 6.45) is 10.5. The van der Waals surface area contributed by atoms with Crippen LogP contribution in [-0.4, -0.2) is 49.5 Å². The van der Waals surface area contributed by atoms with Gasteiger partial charge in [-0.15, -0.1) is 12.4 Å². The van der Waals surface area contributed by atoms with E-state index in [2.05, 4.69) is 31.9 Å². The fraction of sp³-hybridized carbons (Fsp3) is 0.258. The van der Waals surface area contributed by atoms with Gasteiger partial charge in [-0.05, 0) is 90.1 Å². The van der Waals surface area contributed by atoms with Gasteiger partial charge in [0.2, 0.25) is 10.0 Å². The molecule has 0 spiro atoms. The monoisotopic (exact) mass is 580 g/mol. The Bertz CT molecular complexity index is 1540. The molecule has 0 saturated carbocycles. The van der Waals surface area contributed by atoms with Crippen molar-refractivity contribution in [2.75, 3.05) is 26.2 Å². The maximum Gasteiger partial charge on any atom is 0.240 e. The van der Waals surface area contributed by atoms with Crippen LogP contribution in [0, 0.1) is 5.82 Å². The van der Waals surface area contributed by atoms with Crippen LogP contribution in [0.5, 0.6) is 0 Å². The van der Waals surface area contributed by atoms with Gasteiger partial charge in [-0.25, -0.2) is 17.5 Å². The van der Waals surface area contributed by atoms with Crippen LogP contribution >= 0.6 is 12.4 Å². The second-order valence-corrected chi connectivity index (χ2v) is 11.5. The van der Waals surface area contributed by atoms with E-state index in [1.54, 1.807) is 36.7 Å². The summed E-state index contributed by atoms with van der Waals surface area (Å²) in [6, 6.07) is 17.8. The zero-order chi connectivity index (χ0) is 27.2. The van der Waals surface area contributed by atoms with Gasteiger partial charge < -0.3 is 4.98 Å². The highest BCUT2D eigenvalue weighted by Crippen LogP contribution is 2.39. The minimum atomic E-state index is -3.44. The number of nitrogens with zero attached hydrogens (tertiary/aromatic N) is 2. The van der Waals surface area contributed by atoms with Crippen molar-refractivity contribution in [3.63, 3.8) is 0 Å². The number of nitrogens with one attached hydrogen (secondary N) is 2. The first-order valence-corrected chi connectivity index (χ1v) is 14.8. The molecule has 0 bridgehead atoms. The van der Waals surface area contributed by atoms with Crippen molar-refractivity contribution < 1.29 is 12.8 Å². The molecule has 2 aromatic heterocycles. The van der Waals surface area contributed by atoms with Crippen molar-refractivity contribution >= 4 is 28.0 Å². The van der Waals surface area contributed by atoms with Crippen LogP contribution in [0.1, 0.15) is 30.9 Å². The van der Waals surface area contributed by atoms with Gasteiger partial charge in [-0.2, -0.15) is 0 Å². The number of hydrogen-bond donors (Lipinski definition) is 2. The van der Waals surface area contributed by atoms with E-state index < -0.39 is 10.0 Å². The van der Waals surface area contributed by atoms with E-state index in [9.17, 15) is 12.8 Å². The van der Waals surface area contributed by atoms with Gasteiger partial charge >= 0.3 is 0 Å². The number of H-pyrrole nitrogens is 1. The molecule has 0 fully saturated rings. The van der Waals surface area contributed by atoms with Crippen LogP contribution in [0.25, 0.3) is 28.0 Å². The molecule has 2 N–H and O–H groups in total. The van der Waals surface area contributed by atoms with Gasteiger partial charge in [0.15, 0.2) is 0 Å². The lowest BCUT2D eigenvalue weighted by atomic mass is 9.92. The Morgan fingerprint density at radius 3 is 2.38 bits per heavy atom. The lowest BCUT2D eigenvalue weighted by molar-refractivity contribution is 0.306. The number of benzene rings is 2. The van der Waals surface area contributed by atoms with Crippen LogP contribution in [0.4, 0.5) is 4.39 Å². The SMILES string of the molecule is CCCNS(=O)(=O)c1ccc(CCN2CC=C(c3c[nH]c(-c4ccc(F)cc4)c3-c3ccncc3)CC2)cc1.Cl. The average molecular weight is 581 g/mol. The minimum absolute atomic E-state index is 0. The number of rotatable bonds is 10. The molecule has 2 aromatic carbocycles. The van der Waals surface area contributed by atoms with Crippen LogP contribution in [-0.2, 0) is 16.4 Å². The van der Waals surface area contributed by atoms with Gasteiger partial charge in [0.05, 0.1) is 10.6 Å². The number of aromatic nitrogens is 2. The van der Waals surface area contributed by atoms with E-state index >= 15 is 0 Å². The van der Waals surface area contributed by atoms with Crippen LogP contribution in [0.2, 0.25) is 0 Å². The molecular formula is C31H34ClFN4O2S. The summed E-state index contributed by atoms with van der Waals surface area (Å²) in [5.74, 6) is -0.254. The van der Waals surface area contributed by atoms with E-state index in [1.165, 1.54) is 17.7 Å². The zero-order valence-electron chi connectivity index (χ0n) is 22.4. The largest absolute Gasteiger partial charge is 0.360 e. The number of pyridine rings is 1. The van der Waals surface area contributed by atoms with Crippen LogP contribution < -0.4 is 4.72 Å². The Kier molecular flexibility index (Phi) is 9.92. The number of aromatic amines is 1. The first-order chi connectivity index (χ1) is 18.9. The summed E-state index contributed by atoms with van der Waals surface area (Å²) in [6.45, 7) is 5.06. The van der Waals surface area contributed by atoms with Crippen molar-refractivity contribution in [1.82, 2.24) is 19.6 Å². The van der Waals surface area contributed by atoms with E-state index in [1.807, 2.05) is 31.2 Å². The topological polar surface area (TPSA) is 78.1 Å². The molecule has 0 atom stereocenters. The predicted molar refractivity (Wildman–Crippen MR) is 161 cm³/mol. The lowest BCUT2D eigenvalue weighted by Gasteiger charge is -2.26. The van der Waals surface area contributed by atoms with Crippen molar-refractivity contribution in [3.8, 4) is 22.4 Å². The maximum absolute atomic E-state index is 13.6. The Labute approximate surface area is 241 Å². The molecule has 3 heterocycles. The third-order valence-corrected chi connectivity index (χ3v) is 8.59. The molecule has 210 valence electrons. The maximum atomic E-state index is 13.6. The smallest absolute Gasteiger partial charge is 0.240 e. The molecule has 0 saturated heterocycles. The molecule has 5 rings (SSSR count). The van der Waals surface area contributed by atoms with Crippen molar-refractivity contribution in [2.24, 2.45) is 0 Å². The zero-order valence-corrected chi connectivity index (χ0v) is 24.1. The summed E-state index contributed by atoms with van der Waals surface area (Å²) < 4.78 is 40.8. The molecule has 9 heteroatoms. The van der Waals surface area contributed by atoms with Crippen molar-refractivity contribution in [2.45, 2.75) is 31.1 Å². The van der Waals surface area contributed by atoms with Crippen LogP contribution in [0.15, 0.2) is 90.2 Å². The molecule has 40 heavy (non-hydrogen) atoms. The Balaban J connectivity index is 0.00000370. The second kappa shape index (κ2) is 13.4. The number of hydrogen-bond acceptors (Lipinski definition) is 4. The highest BCUT2D eigenvalue weighted by Gasteiger charge is 2.21. The average Bonchev–Trinajstić information content (AvgIpc) is 3.41. The Hall–Kier alpha value is -3.30. The molecule has 1 aliphatic rings. The van der Waals surface area contributed by atoms with Gasteiger partial charge in [0, 0.05) is 55.9 Å². The van der Waals surface area contributed by atoms with E-state index in [0.717, 1.165) is 72.4 Å². The Morgan fingerprint density at radius 2 is 1.73 bits per heavy atom. The van der Waals surface area contributed by atoms with Crippen LogP contribution in [0.3, 0.4) is 0 Å². The molecule has 1 aliphatic heterocycles. The standard InChI is InChI=1S/C31H33FN4O2S.ClH/c1-2-16-35-39(37,38)28-9-3-23(4-10-28)13-19-36-20-14-24(15-21-36)29-22-34-31(26-5-7-27(32)8-6-26)30(29)25-11-17-33-18-12-25;/h3-12,14,17-18,22,34-35H,2,13,15-16,19-21H2,1H3;1H. The van der Waals surface area contributed by atoms with Crippen molar-refractivity contribution in [1.29, 1.82) is 0 Å². The van der Waals surface area contributed by atoms with Crippen molar-refractivity contribution in [3.05, 3.63) is 102 Å². The molecule has 4 aromatic rings. The quantitative estimate of drug-likeness (QED) is 0.230. The normalized spacial score (nSPS) is 14.0. The van der Waals surface area contributed by atoms with Gasteiger partial charge in [0.25, 0.3) is 0 Å². The fourth-order valence-electron chi connectivity index (χ4n) is 4.94. The molecule has 0 unspecified atom stereocenters. The molecule has 6 nitrogen and oxygen atoms in total. The molecule has 0 amide bonds.